The topological polar surface area (TPSA) is 76.7 Å². The number of aromatic nitrogens is 2. The summed E-state index contributed by atoms with van der Waals surface area (Å²) in [6.45, 7) is 4.64. The number of aryl methyl sites for hydroxylation is 2. The van der Waals surface area contributed by atoms with Gasteiger partial charge in [-0.15, -0.1) is 0 Å². The highest BCUT2D eigenvalue weighted by Crippen LogP contribution is 2.44. The molecule has 0 unspecified atom stereocenters. The van der Waals surface area contributed by atoms with Crippen molar-refractivity contribution in [2.24, 2.45) is 13.0 Å². The van der Waals surface area contributed by atoms with Gasteiger partial charge in [0.15, 0.2) is 5.76 Å². The molecular formula is C31H29N3O4. The standard InChI is InChI=1S/C31H29N3O4/c1-18-10-26(35)23(17-33-13-19-11-21(16-33)24-8-5-9-28(36)34(24)14-19)31-29(18)30(37)27(38-31)12-20-15-32(2)25-7-4-3-6-22(20)25/h3-10,12,15,19,21,35H,11,13-14,16-17H2,1-2H3/b27-12-/t19-,21+/m1/s1. The Kier molecular flexibility index (Phi) is 5.13. The summed E-state index contributed by atoms with van der Waals surface area (Å²) in [6.07, 6.45) is 4.87. The van der Waals surface area contributed by atoms with E-state index >= 15 is 0 Å². The Hall–Kier alpha value is -4.10. The third kappa shape index (κ3) is 3.53. The lowest BCUT2D eigenvalue weighted by Gasteiger charge is -2.43. The van der Waals surface area contributed by atoms with Gasteiger partial charge in [-0.3, -0.25) is 14.5 Å². The predicted octanol–water partition coefficient (Wildman–Crippen LogP) is 4.59. The number of ketones is 1. The van der Waals surface area contributed by atoms with Crippen molar-refractivity contribution in [2.45, 2.75) is 32.4 Å². The van der Waals surface area contributed by atoms with Crippen LogP contribution in [0.4, 0.5) is 0 Å². The lowest BCUT2D eigenvalue weighted by molar-refractivity contribution is 0.101. The van der Waals surface area contributed by atoms with Crippen molar-refractivity contribution in [1.29, 1.82) is 0 Å². The Morgan fingerprint density at radius 3 is 2.79 bits per heavy atom. The van der Waals surface area contributed by atoms with Crippen molar-refractivity contribution in [1.82, 2.24) is 14.0 Å². The van der Waals surface area contributed by atoms with Crippen molar-refractivity contribution in [3.8, 4) is 11.5 Å². The van der Waals surface area contributed by atoms with Crippen LogP contribution in [0.15, 0.2) is 65.3 Å². The zero-order valence-electron chi connectivity index (χ0n) is 21.5. The number of Topliss-reactive ketones (excluding diaryl/α,β-unsaturated/α-hetero) is 1. The molecule has 2 aromatic heterocycles. The summed E-state index contributed by atoms with van der Waals surface area (Å²) in [6, 6.07) is 15.3. The molecule has 0 spiro atoms. The fourth-order valence-corrected chi connectivity index (χ4v) is 6.71. The van der Waals surface area contributed by atoms with E-state index < -0.39 is 0 Å². The fraction of sp³-hybridized carbons (Fsp3) is 0.290. The summed E-state index contributed by atoms with van der Waals surface area (Å²) in [5, 5.41) is 12.1. The molecule has 2 bridgehead atoms. The maximum Gasteiger partial charge on any atom is 0.250 e. The van der Waals surface area contributed by atoms with Gasteiger partial charge in [-0.05, 0) is 49.1 Å². The minimum atomic E-state index is -0.157. The molecule has 1 fully saturated rings. The molecular weight excluding hydrogens is 478 g/mol. The van der Waals surface area contributed by atoms with Crippen molar-refractivity contribution in [2.75, 3.05) is 13.1 Å². The number of likely N-dealkylation sites (tertiary alicyclic amines) is 1. The number of nitrogens with zero attached hydrogens (tertiary/aromatic N) is 3. The lowest BCUT2D eigenvalue weighted by atomic mass is 9.83. The first-order valence-corrected chi connectivity index (χ1v) is 13.1. The van der Waals surface area contributed by atoms with Crippen LogP contribution in [-0.2, 0) is 20.1 Å². The molecule has 0 saturated carbocycles. The highest BCUT2D eigenvalue weighted by atomic mass is 16.5. The molecule has 2 aromatic carbocycles. The van der Waals surface area contributed by atoms with E-state index in [2.05, 4.69) is 11.0 Å². The summed E-state index contributed by atoms with van der Waals surface area (Å²) in [7, 11) is 1.99. The molecule has 7 heteroatoms. The lowest BCUT2D eigenvalue weighted by Crippen LogP contribution is -2.46. The minimum Gasteiger partial charge on any atom is -0.507 e. The molecule has 3 aliphatic heterocycles. The number of benzene rings is 2. The Morgan fingerprint density at radius 1 is 1.08 bits per heavy atom. The first-order valence-electron chi connectivity index (χ1n) is 13.1. The first-order chi connectivity index (χ1) is 18.4. The quantitative estimate of drug-likeness (QED) is 0.411. The van der Waals surface area contributed by atoms with E-state index in [-0.39, 0.29) is 28.8 Å². The van der Waals surface area contributed by atoms with Gasteiger partial charge in [0.1, 0.15) is 11.5 Å². The Morgan fingerprint density at radius 2 is 1.92 bits per heavy atom. The molecule has 5 heterocycles. The highest BCUT2D eigenvalue weighted by molar-refractivity contribution is 6.16. The number of carbonyl (C=O) groups excluding carboxylic acids is 1. The van der Waals surface area contributed by atoms with Gasteiger partial charge >= 0.3 is 0 Å². The van der Waals surface area contributed by atoms with Crippen LogP contribution in [0.5, 0.6) is 11.5 Å². The molecule has 0 radical (unpaired) electrons. The fourth-order valence-electron chi connectivity index (χ4n) is 6.71. The van der Waals surface area contributed by atoms with Gasteiger partial charge in [0.05, 0.1) is 11.1 Å². The van der Waals surface area contributed by atoms with E-state index in [1.165, 1.54) is 0 Å². The van der Waals surface area contributed by atoms with Crippen LogP contribution >= 0.6 is 0 Å². The first kappa shape index (κ1) is 23.0. The molecule has 2 atom stereocenters. The molecule has 192 valence electrons. The molecule has 1 N–H and O–H groups in total. The summed E-state index contributed by atoms with van der Waals surface area (Å²) in [5.74, 6) is 1.36. The number of phenolic OH excluding ortho intramolecular Hbond substituents is 1. The largest absolute Gasteiger partial charge is 0.507 e. The number of rotatable bonds is 3. The summed E-state index contributed by atoms with van der Waals surface area (Å²) in [5.41, 5.74) is 5.03. The van der Waals surface area contributed by atoms with Crippen LogP contribution in [0.2, 0.25) is 0 Å². The molecule has 3 aliphatic rings. The Balaban J connectivity index is 1.22. The molecule has 0 amide bonds. The van der Waals surface area contributed by atoms with E-state index in [4.69, 9.17) is 4.74 Å². The van der Waals surface area contributed by atoms with Crippen molar-refractivity contribution in [3.63, 3.8) is 0 Å². The number of allylic oxidation sites excluding steroid dienone is 1. The molecule has 4 aromatic rings. The van der Waals surface area contributed by atoms with Crippen LogP contribution in [0, 0.1) is 12.8 Å². The number of fused-ring (bicyclic) bond motifs is 6. The van der Waals surface area contributed by atoms with Gasteiger partial charge in [-0.1, -0.05) is 24.3 Å². The van der Waals surface area contributed by atoms with Crippen molar-refractivity contribution >= 4 is 22.8 Å². The van der Waals surface area contributed by atoms with E-state index in [0.717, 1.165) is 41.7 Å². The maximum absolute atomic E-state index is 13.5. The molecule has 0 aliphatic carbocycles. The summed E-state index contributed by atoms with van der Waals surface area (Å²) in [4.78, 5) is 28.2. The number of hydrogen-bond donors (Lipinski definition) is 1. The number of piperidine rings is 1. The second-order valence-electron chi connectivity index (χ2n) is 10.9. The monoisotopic (exact) mass is 507 g/mol. The number of carbonyl (C=O) groups is 1. The van der Waals surface area contributed by atoms with Gasteiger partial charge in [0, 0.05) is 73.6 Å². The number of ether oxygens (including phenoxy) is 1. The highest BCUT2D eigenvalue weighted by Gasteiger charge is 2.37. The van der Waals surface area contributed by atoms with Gasteiger partial charge < -0.3 is 19.0 Å². The number of phenols is 1. The minimum absolute atomic E-state index is 0.0667. The van der Waals surface area contributed by atoms with E-state index in [1.807, 2.05) is 65.7 Å². The van der Waals surface area contributed by atoms with Crippen LogP contribution in [0.1, 0.15) is 45.1 Å². The van der Waals surface area contributed by atoms with Crippen LogP contribution in [-0.4, -0.2) is 38.0 Å². The molecule has 7 nitrogen and oxygen atoms in total. The zero-order chi connectivity index (χ0) is 26.1. The third-order valence-corrected chi connectivity index (χ3v) is 8.37. The van der Waals surface area contributed by atoms with Crippen LogP contribution < -0.4 is 10.3 Å². The van der Waals surface area contributed by atoms with Gasteiger partial charge in [0.25, 0.3) is 5.56 Å². The molecule has 38 heavy (non-hydrogen) atoms. The van der Waals surface area contributed by atoms with E-state index in [9.17, 15) is 14.7 Å². The van der Waals surface area contributed by atoms with Crippen molar-refractivity contribution < 1.29 is 14.6 Å². The average molecular weight is 508 g/mol. The van der Waals surface area contributed by atoms with Crippen LogP contribution in [0.3, 0.4) is 0 Å². The SMILES string of the molecule is Cc1cc(O)c(CN2C[C@H]3C[C@@H](C2)c2cccc(=O)n2C3)c2c1C(=O)/C(=C/c1cn(C)c3ccccc13)O2. The zero-order valence-corrected chi connectivity index (χ0v) is 21.5. The van der Waals surface area contributed by atoms with Gasteiger partial charge in [0.2, 0.25) is 5.78 Å². The van der Waals surface area contributed by atoms with E-state index in [0.29, 0.717) is 41.4 Å². The van der Waals surface area contributed by atoms with Gasteiger partial charge in [-0.25, -0.2) is 0 Å². The Labute approximate surface area is 220 Å². The summed E-state index contributed by atoms with van der Waals surface area (Å²) < 4.78 is 10.2. The number of pyridine rings is 1. The summed E-state index contributed by atoms with van der Waals surface area (Å²) >= 11 is 0. The average Bonchev–Trinajstić information content (AvgIpc) is 3.39. The molecule has 1 saturated heterocycles. The van der Waals surface area contributed by atoms with E-state index in [1.54, 1.807) is 12.1 Å². The van der Waals surface area contributed by atoms with Crippen molar-refractivity contribution in [3.05, 3.63) is 98.8 Å². The molecule has 7 rings (SSSR count). The Bertz CT molecular complexity index is 1730. The van der Waals surface area contributed by atoms with Crippen LogP contribution in [0.25, 0.3) is 17.0 Å². The second kappa shape index (κ2) is 8.46. The normalized spacial score (nSPS) is 21.5. The number of aromatic hydroxyl groups is 1. The number of para-hydroxylation sites is 1. The smallest absolute Gasteiger partial charge is 0.250 e. The maximum atomic E-state index is 13.5. The van der Waals surface area contributed by atoms with Gasteiger partial charge in [-0.2, -0.15) is 0 Å². The predicted molar refractivity (Wildman–Crippen MR) is 146 cm³/mol. The second-order valence-corrected chi connectivity index (χ2v) is 10.9. The third-order valence-electron chi connectivity index (χ3n) is 8.37. The number of hydrogen-bond acceptors (Lipinski definition) is 5.